The highest BCUT2D eigenvalue weighted by molar-refractivity contribution is 7.18. The van der Waals surface area contributed by atoms with Crippen molar-refractivity contribution >= 4 is 40.6 Å². The van der Waals surface area contributed by atoms with E-state index in [1.165, 1.54) is 23.3 Å². The molecule has 0 saturated heterocycles. The third kappa shape index (κ3) is 4.93. The lowest BCUT2D eigenvalue weighted by molar-refractivity contribution is -0.130. The fourth-order valence-corrected chi connectivity index (χ4v) is 3.27. The van der Waals surface area contributed by atoms with Crippen LogP contribution in [0.3, 0.4) is 0 Å². The maximum atomic E-state index is 12.2. The predicted molar refractivity (Wildman–Crippen MR) is 94.2 cm³/mol. The number of ether oxygens (including phenoxy) is 1. The molecule has 25 heavy (non-hydrogen) atoms. The van der Waals surface area contributed by atoms with Crippen LogP contribution in [0.25, 0.3) is 0 Å². The van der Waals surface area contributed by atoms with Crippen LogP contribution in [0.1, 0.15) is 44.4 Å². The second-order valence-corrected chi connectivity index (χ2v) is 7.17. The highest BCUT2D eigenvalue weighted by Crippen LogP contribution is 2.23. The number of furan rings is 1. The summed E-state index contributed by atoms with van der Waals surface area (Å²) in [5.74, 6) is 0.129. The minimum atomic E-state index is -0.485. The van der Waals surface area contributed by atoms with Gasteiger partial charge in [-0.25, -0.2) is 4.79 Å². The van der Waals surface area contributed by atoms with E-state index in [2.05, 4.69) is 4.74 Å². The summed E-state index contributed by atoms with van der Waals surface area (Å²) in [5.41, 5.74) is 0.336. The molecule has 0 bridgehead atoms. The fraction of sp³-hybridized carbons (Fsp3) is 0.353. The quantitative estimate of drug-likeness (QED) is 0.538. The van der Waals surface area contributed by atoms with Gasteiger partial charge in [-0.05, 0) is 25.1 Å². The summed E-state index contributed by atoms with van der Waals surface area (Å²) in [4.78, 5) is 37.8. The molecular weight excluding hydrogens is 366 g/mol. The van der Waals surface area contributed by atoms with Crippen LogP contribution in [0.15, 0.2) is 22.6 Å². The number of carbonyl (C=O) groups excluding carboxylic acids is 3. The monoisotopic (exact) mass is 383 g/mol. The molecule has 0 spiro atoms. The zero-order valence-electron chi connectivity index (χ0n) is 14.1. The molecule has 0 fully saturated rings. The molecule has 0 unspecified atom stereocenters. The number of Topliss-reactive ketones (excluding diaryl/α,β-unsaturated/α-hetero) is 1. The number of halogens is 1. The number of amides is 1. The van der Waals surface area contributed by atoms with Crippen LogP contribution < -0.4 is 0 Å². The van der Waals surface area contributed by atoms with Gasteiger partial charge in [0.05, 0.1) is 22.9 Å². The van der Waals surface area contributed by atoms with Crippen molar-refractivity contribution in [2.45, 2.75) is 26.3 Å². The number of ketones is 1. The van der Waals surface area contributed by atoms with Crippen LogP contribution in [0.2, 0.25) is 4.34 Å². The molecule has 134 valence electrons. The lowest BCUT2D eigenvalue weighted by atomic mass is 10.2. The molecule has 0 aromatic carbocycles. The molecular formula is C17H18ClNO5S. The first-order valence-electron chi connectivity index (χ1n) is 7.52. The number of rotatable bonds is 7. The maximum absolute atomic E-state index is 12.2. The Labute approximate surface area is 154 Å². The van der Waals surface area contributed by atoms with Crippen LogP contribution >= 0.6 is 22.9 Å². The van der Waals surface area contributed by atoms with Crippen molar-refractivity contribution in [3.05, 3.63) is 44.5 Å². The third-order valence-electron chi connectivity index (χ3n) is 3.61. The van der Waals surface area contributed by atoms with Crippen molar-refractivity contribution < 1.29 is 23.5 Å². The molecule has 0 saturated carbocycles. The van der Waals surface area contributed by atoms with Gasteiger partial charge in [0.2, 0.25) is 5.91 Å². The van der Waals surface area contributed by atoms with E-state index in [1.807, 2.05) is 0 Å². The van der Waals surface area contributed by atoms with Gasteiger partial charge < -0.3 is 14.1 Å². The van der Waals surface area contributed by atoms with Gasteiger partial charge in [-0.3, -0.25) is 9.59 Å². The third-order valence-corrected chi connectivity index (χ3v) is 4.88. The largest absolute Gasteiger partial charge is 0.465 e. The zero-order valence-corrected chi connectivity index (χ0v) is 15.7. The van der Waals surface area contributed by atoms with E-state index in [-0.39, 0.29) is 31.1 Å². The van der Waals surface area contributed by atoms with Crippen molar-refractivity contribution in [2.75, 3.05) is 14.2 Å². The minimum Gasteiger partial charge on any atom is -0.465 e. The zero-order chi connectivity index (χ0) is 18.6. The predicted octanol–water partition coefficient (Wildman–Crippen LogP) is 3.71. The molecule has 2 heterocycles. The molecule has 0 aliphatic heterocycles. The first-order chi connectivity index (χ1) is 11.8. The van der Waals surface area contributed by atoms with Gasteiger partial charge >= 0.3 is 5.97 Å². The summed E-state index contributed by atoms with van der Waals surface area (Å²) in [7, 11) is 2.91. The Bertz CT molecular complexity index is 795. The first-order valence-corrected chi connectivity index (χ1v) is 8.71. The average molecular weight is 384 g/mol. The number of aryl methyl sites for hydroxylation is 1. The second kappa shape index (κ2) is 8.31. The van der Waals surface area contributed by atoms with Crippen molar-refractivity contribution in [2.24, 2.45) is 0 Å². The number of thiophene rings is 1. The van der Waals surface area contributed by atoms with Gasteiger partial charge in [-0.15, -0.1) is 11.3 Å². The second-order valence-electron chi connectivity index (χ2n) is 5.45. The SMILES string of the molecule is COC(=O)c1cc(CN(C)C(=O)CCC(=O)c2ccc(Cl)s2)oc1C. The lowest BCUT2D eigenvalue weighted by Gasteiger charge is -2.15. The Kier molecular flexibility index (Phi) is 6.39. The van der Waals surface area contributed by atoms with Crippen LogP contribution in [-0.2, 0) is 16.1 Å². The highest BCUT2D eigenvalue weighted by Gasteiger charge is 2.19. The van der Waals surface area contributed by atoms with Gasteiger partial charge in [0, 0.05) is 19.9 Å². The molecule has 2 aromatic heterocycles. The molecule has 1 amide bonds. The lowest BCUT2D eigenvalue weighted by Crippen LogP contribution is -2.26. The van der Waals surface area contributed by atoms with E-state index in [1.54, 1.807) is 32.2 Å². The van der Waals surface area contributed by atoms with E-state index in [9.17, 15) is 14.4 Å². The van der Waals surface area contributed by atoms with E-state index in [4.69, 9.17) is 16.0 Å². The summed E-state index contributed by atoms with van der Waals surface area (Å²) < 4.78 is 10.7. The van der Waals surface area contributed by atoms with Crippen molar-refractivity contribution in [1.29, 1.82) is 0 Å². The van der Waals surface area contributed by atoms with Gasteiger partial charge in [0.25, 0.3) is 0 Å². The Morgan fingerprint density at radius 1 is 1.28 bits per heavy atom. The van der Waals surface area contributed by atoms with Gasteiger partial charge in [-0.1, -0.05) is 11.6 Å². The fourth-order valence-electron chi connectivity index (χ4n) is 2.25. The number of hydrogen-bond donors (Lipinski definition) is 0. The van der Waals surface area contributed by atoms with Gasteiger partial charge in [0.15, 0.2) is 5.78 Å². The average Bonchev–Trinajstić information content (AvgIpc) is 3.17. The Morgan fingerprint density at radius 3 is 2.60 bits per heavy atom. The molecule has 2 aromatic rings. The smallest absolute Gasteiger partial charge is 0.341 e. The van der Waals surface area contributed by atoms with Gasteiger partial charge in [0.1, 0.15) is 17.1 Å². The summed E-state index contributed by atoms with van der Waals surface area (Å²) in [6.07, 6.45) is 0.207. The maximum Gasteiger partial charge on any atom is 0.341 e. The normalized spacial score (nSPS) is 10.6. The van der Waals surface area contributed by atoms with E-state index < -0.39 is 5.97 Å². The Balaban J connectivity index is 1.90. The van der Waals surface area contributed by atoms with E-state index in [0.717, 1.165) is 0 Å². The molecule has 0 N–H and O–H groups in total. The van der Waals surface area contributed by atoms with E-state index >= 15 is 0 Å². The number of hydrogen-bond acceptors (Lipinski definition) is 6. The topological polar surface area (TPSA) is 76.8 Å². The van der Waals surface area contributed by atoms with Crippen molar-refractivity contribution in [3.63, 3.8) is 0 Å². The number of esters is 1. The van der Waals surface area contributed by atoms with Crippen molar-refractivity contribution in [3.8, 4) is 0 Å². The summed E-state index contributed by atoms with van der Waals surface area (Å²) in [5, 5.41) is 0. The number of methoxy groups -OCH3 is 1. The molecule has 8 heteroatoms. The van der Waals surface area contributed by atoms with Crippen molar-refractivity contribution in [1.82, 2.24) is 4.90 Å². The first kappa shape index (κ1) is 19.2. The molecule has 2 rings (SSSR count). The van der Waals surface area contributed by atoms with Crippen LogP contribution in [0.4, 0.5) is 0 Å². The Morgan fingerprint density at radius 2 is 2.00 bits per heavy atom. The van der Waals surface area contributed by atoms with E-state index in [0.29, 0.717) is 26.3 Å². The van der Waals surface area contributed by atoms with Crippen LogP contribution in [0, 0.1) is 6.92 Å². The summed E-state index contributed by atoms with van der Waals surface area (Å²) >= 11 is 7.00. The highest BCUT2D eigenvalue weighted by atomic mass is 35.5. The minimum absolute atomic E-state index is 0.0917. The summed E-state index contributed by atoms with van der Waals surface area (Å²) in [6, 6.07) is 4.87. The molecule has 6 nitrogen and oxygen atoms in total. The molecule has 0 atom stereocenters. The molecule has 0 radical (unpaired) electrons. The van der Waals surface area contributed by atoms with Crippen LogP contribution in [0.5, 0.6) is 0 Å². The molecule has 0 aliphatic carbocycles. The summed E-state index contributed by atoms with van der Waals surface area (Å²) in [6.45, 7) is 1.86. The van der Waals surface area contributed by atoms with Crippen LogP contribution in [-0.4, -0.2) is 36.7 Å². The standard InChI is InChI=1S/C17H18ClNO5S/c1-10-12(17(22)23-3)8-11(24-10)9-19(2)16(21)7-4-13(20)14-5-6-15(18)25-14/h5-6,8H,4,7,9H2,1-3H3. The number of carbonyl (C=O) groups is 3. The Hall–Kier alpha value is -2.12. The molecule has 0 aliphatic rings. The van der Waals surface area contributed by atoms with Gasteiger partial charge in [-0.2, -0.15) is 0 Å². The number of nitrogens with zero attached hydrogens (tertiary/aromatic N) is 1.